The van der Waals surface area contributed by atoms with Crippen LogP contribution >= 0.6 is 0 Å². The molecule has 0 aromatic heterocycles. The molecule has 2 rings (SSSR count). The Morgan fingerprint density at radius 3 is 2.29 bits per heavy atom. The van der Waals surface area contributed by atoms with Crippen LogP contribution in [0.15, 0.2) is 42.5 Å². The summed E-state index contributed by atoms with van der Waals surface area (Å²) in [5.41, 5.74) is 3.29. The first-order chi connectivity index (χ1) is 13.3. The number of carbonyl (C=O) groups is 1. The number of amides is 1. The van der Waals surface area contributed by atoms with Crippen LogP contribution in [0.25, 0.3) is 0 Å². The van der Waals surface area contributed by atoms with Crippen molar-refractivity contribution in [3.8, 4) is 11.5 Å². The van der Waals surface area contributed by atoms with Gasteiger partial charge in [0, 0.05) is 0 Å². The molecule has 2 unspecified atom stereocenters. The van der Waals surface area contributed by atoms with Crippen LogP contribution in [-0.4, -0.2) is 19.1 Å². The number of ether oxygens (including phenoxy) is 2. The smallest absolute Gasteiger partial charge is 0.261 e. The molecule has 1 N–H and O–H groups in total. The van der Waals surface area contributed by atoms with Gasteiger partial charge in [-0.05, 0) is 61.9 Å². The highest BCUT2D eigenvalue weighted by molar-refractivity contribution is 5.81. The minimum atomic E-state index is -0.519. The van der Waals surface area contributed by atoms with E-state index in [9.17, 15) is 4.79 Å². The Hall–Kier alpha value is -2.49. The fraction of sp³-hybridized carbons (Fsp3) is 0.458. The Labute approximate surface area is 169 Å². The second-order valence-electron chi connectivity index (χ2n) is 7.75. The average Bonchev–Trinajstić information content (AvgIpc) is 2.66. The van der Waals surface area contributed by atoms with Gasteiger partial charge < -0.3 is 14.8 Å². The molecule has 4 heteroatoms. The first kappa shape index (κ1) is 21.8. The van der Waals surface area contributed by atoms with Crippen LogP contribution in [0, 0.1) is 19.8 Å². The van der Waals surface area contributed by atoms with Crippen LogP contribution in [0.2, 0.25) is 0 Å². The molecule has 0 aliphatic carbocycles. The van der Waals surface area contributed by atoms with Gasteiger partial charge in [0.2, 0.25) is 0 Å². The van der Waals surface area contributed by atoms with Crippen LogP contribution in [-0.2, 0) is 4.79 Å². The van der Waals surface area contributed by atoms with Crippen molar-refractivity contribution in [3.05, 3.63) is 59.2 Å². The third-order valence-electron chi connectivity index (χ3n) is 4.80. The lowest BCUT2D eigenvalue weighted by atomic mass is 9.96. The van der Waals surface area contributed by atoms with E-state index >= 15 is 0 Å². The van der Waals surface area contributed by atoms with E-state index in [0.29, 0.717) is 12.3 Å². The van der Waals surface area contributed by atoms with Crippen LogP contribution < -0.4 is 14.8 Å². The molecule has 2 aromatic rings. The van der Waals surface area contributed by atoms with Crippen molar-refractivity contribution in [2.24, 2.45) is 5.92 Å². The highest BCUT2D eigenvalue weighted by Gasteiger charge is 2.24. The molecule has 2 aromatic carbocycles. The number of methoxy groups -OCH3 is 1. The molecule has 0 bridgehead atoms. The van der Waals surface area contributed by atoms with Crippen LogP contribution in [0.5, 0.6) is 11.5 Å². The van der Waals surface area contributed by atoms with Gasteiger partial charge in [0.05, 0.1) is 13.2 Å². The Kier molecular flexibility index (Phi) is 7.91. The summed E-state index contributed by atoms with van der Waals surface area (Å²) < 4.78 is 11.3. The molecule has 0 saturated heterocycles. The minimum absolute atomic E-state index is 0.0600. The maximum Gasteiger partial charge on any atom is 0.261 e. The van der Waals surface area contributed by atoms with E-state index in [2.05, 4.69) is 25.2 Å². The number of hydrogen-bond donors (Lipinski definition) is 1. The van der Waals surface area contributed by atoms with E-state index in [1.807, 2.05) is 57.2 Å². The van der Waals surface area contributed by atoms with Crippen molar-refractivity contribution in [2.45, 2.75) is 59.6 Å². The molecule has 0 aliphatic heterocycles. The Morgan fingerprint density at radius 1 is 1.07 bits per heavy atom. The van der Waals surface area contributed by atoms with Crippen LogP contribution in [0.1, 0.15) is 56.3 Å². The van der Waals surface area contributed by atoms with Gasteiger partial charge in [-0.2, -0.15) is 0 Å². The van der Waals surface area contributed by atoms with E-state index in [-0.39, 0.29) is 11.9 Å². The average molecular weight is 384 g/mol. The summed E-state index contributed by atoms with van der Waals surface area (Å²) in [6, 6.07) is 13.8. The predicted octanol–water partition coefficient (Wildman–Crippen LogP) is 5.37. The van der Waals surface area contributed by atoms with Gasteiger partial charge in [-0.3, -0.25) is 4.79 Å². The van der Waals surface area contributed by atoms with Crippen LogP contribution in [0.3, 0.4) is 0 Å². The predicted molar refractivity (Wildman–Crippen MR) is 114 cm³/mol. The molecule has 0 radical (unpaired) electrons. The second kappa shape index (κ2) is 10.2. The Morgan fingerprint density at radius 2 is 1.75 bits per heavy atom. The monoisotopic (exact) mass is 383 g/mol. The summed E-state index contributed by atoms with van der Waals surface area (Å²) in [7, 11) is 1.65. The van der Waals surface area contributed by atoms with Crippen LogP contribution in [0.4, 0.5) is 0 Å². The number of carbonyl (C=O) groups excluding carboxylic acids is 1. The quantitative estimate of drug-likeness (QED) is 0.633. The fourth-order valence-corrected chi connectivity index (χ4v) is 3.26. The molecular formula is C24H33NO3. The third-order valence-corrected chi connectivity index (χ3v) is 4.80. The summed E-state index contributed by atoms with van der Waals surface area (Å²) in [5.74, 6) is 1.94. The zero-order chi connectivity index (χ0) is 20.7. The first-order valence-corrected chi connectivity index (χ1v) is 10.0. The highest BCUT2D eigenvalue weighted by Crippen LogP contribution is 2.25. The van der Waals surface area contributed by atoms with Gasteiger partial charge in [-0.15, -0.1) is 0 Å². The van der Waals surface area contributed by atoms with E-state index in [0.717, 1.165) is 29.0 Å². The summed E-state index contributed by atoms with van der Waals surface area (Å²) in [6.45, 7) is 10.3. The standard InChI is InChI=1S/C24H33NO3/c1-7-22(28-23-13-8-17(4)15-18(23)5)24(26)25-21(14-16(2)3)19-9-11-20(27-6)12-10-19/h8-13,15-16,21-22H,7,14H2,1-6H3,(H,25,26). The van der Waals surface area contributed by atoms with Gasteiger partial charge in [0.15, 0.2) is 6.10 Å². The SMILES string of the molecule is CCC(Oc1ccc(C)cc1C)C(=O)NC(CC(C)C)c1ccc(OC)cc1. The number of aryl methyl sites for hydroxylation is 2. The Bertz CT molecular complexity index is 768. The zero-order valence-corrected chi connectivity index (χ0v) is 17.9. The molecule has 28 heavy (non-hydrogen) atoms. The van der Waals surface area contributed by atoms with Crippen molar-refractivity contribution in [2.75, 3.05) is 7.11 Å². The Balaban J connectivity index is 2.14. The summed E-state index contributed by atoms with van der Waals surface area (Å²) >= 11 is 0. The van der Waals surface area contributed by atoms with Crippen molar-refractivity contribution in [1.29, 1.82) is 0 Å². The van der Waals surface area contributed by atoms with Gasteiger partial charge in [0.1, 0.15) is 11.5 Å². The number of rotatable bonds is 9. The third kappa shape index (κ3) is 6.01. The number of nitrogens with one attached hydrogen (secondary N) is 1. The largest absolute Gasteiger partial charge is 0.497 e. The lowest BCUT2D eigenvalue weighted by Gasteiger charge is -2.25. The maximum absolute atomic E-state index is 13.0. The van der Waals surface area contributed by atoms with E-state index < -0.39 is 6.10 Å². The molecule has 0 aliphatic rings. The number of hydrogen-bond acceptors (Lipinski definition) is 3. The van der Waals surface area contributed by atoms with Crippen molar-refractivity contribution in [1.82, 2.24) is 5.32 Å². The van der Waals surface area contributed by atoms with E-state index in [1.165, 1.54) is 5.56 Å². The second-order valence-corrected chi connectivity index (χ2v) is 7.75. The molecular weight excluding hydrogens is 350 g/mol. The number of benzene rings is 2. The van der Waals surface area contributed by atoms with Gasteiger partial charge in [-0.25, -0.2) is 0 Å². The van der Waals surface area contributed by atoms with E-state index in [1.54, 1.807) is 7.11 Å². The fourth-order valence-electron chi connectivity index (χ4n) is 3.26. The van der Waals surface area contributed by atoms with Crippen molar-refractivity contribution >= 4 is 5.91 Å². The minimum Gasteiger partial charge on any atom is -0.497 e. The molecule has 0 heterocycles. The molecule has 152 valence electrons. The molecule has 4 nitrogen and oxygen atoms in total. The summed E-state index contributed by atoms with van der Waals surface area (Å²) in [5, 5.41) is 3.20. The van der Waals surface area contributed by atoms with Gasteiger partial charge in [-0.1, -0.05) is 50.6 Å². The highest BCUT2D eigenvalue weighted by atomic mass is 16.5. The normalized spacial score (nSPS) is 13.1. The maximum atomic E-state index is 13.0. The summed E-state index contributed by atoms with van der Waals surface area (Å²) in [6.07, 6.45) is 0.947. The van der Waals surface area contributed by atoms with Crippen molar-refractivity contribution < 1.29 is 14.3 Å². The van der Waals surface area contributed by atoms with Crippen molar-refractivity contribution in [3.63, 3.8) is 0 Å². The lowest BCUT2D eigenvalue weighted by molar-refractivity contribution is -0.129. The zero-order valence-electron chi connectivity index (χ0n) is 17.9. The first-order valence-electron chi connectivity index (χ1n) is 10.0. The molecule has 1 amide bonds. The topological polar surface area (TPSA) is 47.6 Å². The molecule has 0 fully saturated rings. The van der Waals surface area contributed by atoms with Gasteiger partial charge >= 0.3 is 0 Å². The van der Waals surface area contributed by atoms with E-state index in [4.69, 9.17) is 9.47 Å². The lowest BCUT2D eigenvalue weighted by Crippen LogP contribution is -2.40. The molecule has 0 spiro atoms. The molecule has 2 atom stereocenters. The summed E-state index contributed by atoms with van der Waals surface area (Å²) in [4.78, 5) is 13.0. The molecule has 0 saturated carbocycles. The van der Waals surface area contributed by atoms with Gasteiger partial charge in [0.25, 0.3) is 5.91 Å².